The molecule has 1 aromatic carbocycles. The van der Waals surface area contributed by atoms with Crippen LogP contribution in [0.2, 0.25) is 0 Å². The molecular weight excluding hydrogens is 364 g/mol. The van der Waals surface area contributed by atoms with E-state index in [2.05, 4.69) is 22.0 Å². The number of piperidine rings is 1. The SMILES string of the molecule is O=C(CN1CCCC2(CCc3cnc(-c4ccccc4)nc32)C1)N1CCOCC1. The molecule has 1 atom stereocenters. The molecule has 2 aromatic rings. The molecular formula is C23H28N4O2. The molecule has 2 aliphatic heterocycles. The molecule has 0 N–H and O–H groups in total. The fourth-order valence-corrected chi connectivity index (χ4v) is 5.13. The first-order valence-corrected chi connectivity index (χ1v) is 10.7. The summed E-state index contributed by atoms with van der Waals surface area (Å²) in [6, 6.07) is 10.2. The lowest BCUT2D eigenvalue weighted by Gasteiger charge is -2.41. The highest BCUT2D eigenvalue weighted by Gasteiger charge is 2.44. The minimum atomic E-state index is 0.0609. The maximum atomic E-state index is 12.8. The van der Waals surface area contributed by atoms with Crippen molar-refractivity contribution in [2.24, 2.45) is 0 Å². The normalized spacial score (nSPS) is 24.6. The molecule has 152 valence electrons. The fourth-order valence-electron chi connectivity index (χ4n) is 5.13. The summed E-state index contributed by atoms with van der Waals surface area (Å²) in [5.41, 5.74) is 3.62. The van der Waals surface area contributed by atoms with Crippen LogP contribution in [0.1, 0.15) is 30.5 Å². The first-order chi connectivity index (χ1) is 14.2. The molecule has 5 rings (SSSR count). The number of aryl methyl sites for hydroxylation is 1. The smallest absolute Gasteiger partial charge is 0.236 e. The van der Waals surface area contributed by atoms with E-state index in [1.165, 1.54) is 11.3 Å². The third-order valence-electron chi connectivity index (χ3n) is 6.65. The van der Waals surface area contributed by atoms with E-state index in [-0.39, 0.29) is 11.3 Å². The van der Waals surface area contributed by atoms with Crippen LogP contribution in [-0.2, 0) is 21.4 Å². The van der Waals surface area contributed by atoms with Gasteiger partial charge in [0.1, 0.15) is 0 Å². The van der Waals surface area contributed by atoms with Crippen molar-refractivity contribution >= 4 is 5.91 Å². The summed E-state index contributed by atoms with van der Waals surface area (Å²) in [5.74, 6) is 1.04. The molecule has 3 aliphatic rings. The molecule has 2 saturated heterocycles. The lowest BCUT2D eigenvalue weighted by Crippen LogP contribution is -2.51. The molecule has 1 amide bonds. The van der Waals surface area contributed by atoms with Crippen LogP contribution in [0.25, 0.3) is 11.4 Å². The van der Waals surface area contributed by atoms with Gasteiger partial charge in [-0.25, -0.2) is 9.97 Å². The molecule has 0 saturated carbocycles. The number of ether oxygens (including phenoxy) is 1. The number of morpholine rings is 1. The number of rotatable bonds is 3. The molecule has 0 radical (unpaired) electrons. The maximum Gasteiger partial charge on any atom is 0.236 e. The Kier molecular flexibility index (Phi) is 5.06. The van der Waals surface area contributed by atoms with Gasteiger partial charge in [0.25, 0.3) is 0 Å². The van der Waals surface area contributed by atoms with Crippen LogP contribution in [0.15, 0.2) is 36.5 Å². The number of hydrogen-bond acceptors (Lipinski definition) is 5. The summed E-state index contributed by atoms with van der Waals surface area (Å²) >= 11 is 0. The Morgan fingerprint density at radius 1 is 1.10 bits per heavy atom. The summed E-state index contributed by atoms with van der Waals surface area (Å²) in [5, 5.41) is 0. The van der Waals surface area contributed by atoms with Crippen molar-refractivity contribution in [1.82, 2.24) is 19.8 Å². The molecule has 2 fully saturated rings. The van der Waals surface area contributed by atoms with Gasteiger partial charge in [-0.15, -0.1) is 0 Å². The Morgan fingerprint density at radius 2 is 1.93 bits per heavy atom. The van der Waals surface area contributed by atoms with Gasteiger partial charge >= 0.3 is 0 Å². The highest BCUT2D eigenvalue weighted by Crippen LogP contribution is 2.44. The topological polar surface area (TPSA) is 58.6 Å². The van der Waals surface area contributed by atoms with E-state index in [1.807, 2.05) is 29.3 Å². The van der Waals surface area contributed by atoms with E-state index >= 15 is 0 Å². The predicted octanol–water partition coefficient (Wildman–Crippen LogP) is 2.28. The highest BCUT2D eigenvalue weighted by molar-refractivity contribution is 5.78. The molecule has 6 heteroatoms. The van der Waals surface area contributed by atoms with Crippen LogP contribution >= 0.6 is 0 Å². The monoisotopic (exact) mass is 392 g/mol. The van der Waals surface area contributed by atoms with Crippen molar-refractivity contribution in [2.45, 2.75) is 31.1 Å². The molecule has 1 aliphatic carbocycles. The van der Waals surface area contributed by atoms with Crippen LogP contribution in [0, 0.1) is 0 Å². The highest BCUT2D eigenvalue weighted by atomic mass is 16.5. The Morgan fingerprint density at radius 3 is 2.76 bits per heavy atom. The van der Waals surface area contributed by atoms with Crippen molar-refractivity contribution in [2.75, 3.05) is 45.9 Å². The quantitative estimate of drug-likeness (QED) is 0.802. The van der Waals surface area contributed by atoms with Gasteiger partial charge in [0, 0.05) is 36.8 Å². The van der Waals surface area contributed by atoms with Gasteiger partial charge in [-0.2, -0.15) is 0 Å². The summed E-state index contributed by atoms with van der Waals surface area (Å²) in [4.78, 5) is 26.7. The molecule has 3 heterocycles. The van der Waals surface area contributed by atoms with Crippen LogP contribution in [0.4, 0.5) is 0 Å². The molecule has 1 spiro atoms. The van der Waals surface area contributed by atoms with E-state index in [9.17, 15) is 4.79 Å². The van der Waals surface area contributed by atoms with Gasteiger partial charge in [0.15, 0.2) is 5.82 Å². The number of carbonyl (C=O) groups excluding carboxylic acids is 1. The Bertz CT molecular complexity index is 878. The Hall–Kier alpha value is -2.31. The standard InChI is InChI=1S/C23H28N4O2/c28-20(27-11-13-29-14-12-27)16-26-10-4-8-23(17-26)9-7-19-15-24-22(25-21(19)23)18-5-2-1-3-6-18/h1-3,5-6,15H,4,7-14,16-17H2. The molecule has 1 unspecified atom stereocenters. The van der Waals surface area contributed by atoms with Crippen molar-refractivity contribution < 1.29 is 9.53 Å². The van der Waals surface area contributed by atoms with Crippen molar-refractivity contribution in [3.05, 3.63) is 47.8 Å². The second kappa shape index (κ2) is 7.84. The number of fused-ring (bicyclic) bond motifs is 2. The van der Waals surface area contributed by atoms with Crippen LogP contribution in [0.3, 0.4) is 0 Å². The van der Waals surface area contributed by atoms with Gasteiger partial charge in [-0.1, -0.05) is 30.3 Å². The first-order valence-electron chi connectivity index (χ1n) is 10.7. The lowest BCUT2D eigenvalue weighted by atomic mass is 9.77. The zero-order valence-corrected chi connectivity index (χ0v) is 16.8. The zero-order chi connectivity index (χ0) is 19.7. The average Bonchev–Trinajstić information content (AvgIpc) is 3.12. The van der Waals surface area contributed by atoms with Gasteiger partial charge in [0.2, 0.25) is 5.91 Å². The Labute approximate surface area is 171 Å². The molecule has 1 aromatic heterocycles. The number of benzene rings is 1. The molecule has 6 nitrogen and oxygen atoms in total. The first kappa shape index (κ1) is 18.7. The second-order valence-corrected chi connectivity index (χ2v) is 8.52. The van der Waals surface area contributed by atoms with E-state index in [0.717, 1.165) is 50.2 Å². The zero-order valence-electron chi connectivity index (χ0n) is 16.8. The second-order valence-electron chi connectivity index (χ2n) is 8.52. The maximum absolute atomic E-state index is 12.8. The largest absolute Gasteiger partial charge is 0.378 e. The summed E-state index contributed by atoms with van der Waals surface area (Å²) in [6.45, 7) is 5.16. The van der Waals surface area contributed by atoms with Crippen LogP contribution < -0.4 is 0 Å². The van der Waals surface area contributed by atoms with Gasteiger partial charge in [-0.3, -0.25) is 9.69 Å². The minimum absolute atomic E-state index is 0.0609. The van der Waals surface area contributed by atoms with Gasteiger partial charge in [0.05, 0.1) is 25.5 Å². The summed E-state index contributed by atoms with van der Waals surface area (Å²) in [6.07, 6.45) is 6.43. The van der Waals surface area contributed by atoms with Crippen molar-refractivity contribution in [3.63, 3.8) is 0 Å². The Balaban J connectivity index is 1.36. The number of likely N-dealkylation sites (tertiary alicyclic amines) is 1. The minimum Gasteiger partial charge on any atom is -0.378 e. The van der Waals surface area contributed by atoms with Crippen molar-refractivity contribution in [1.29, 1.82) is 0 Å². The fraction of sp³-hybridized carbons (Fsp3) is 0.522. The molecule has 29 heavy (non-hydrogen) atoms. The number of nitrogens with zero attached hydrogens (tertiary/aromatic N) is 4. The van der Waals surface area contributed by atoms with E-state index in [1.54, 1.807) is 0 Å². The lowest BCUT2D eigenvalue weighted by molar-refractivity contribution is -0.137. The van der Waals surface area contributed by atoms with E-state index < -0.39 is 0 Å². The number of hydrogen-bond donors (Lipinski definition) is 0. The summed E-state index contributed by atoms with van der Waals surface area (Å²) < 4.78 is 5.38. The number of amides is 1. The third-order valence-corrected chi connectivity index (χ3v) is 6.65. The van der Waals surface area contributed by atoms with Crippen LogP contribution in [-0.4, -0.2) is 71.6 Å². The number of carbonyl (C=O) groups is 1. The summed E-state index contributed by atoms with van der Waals surface area (Å²) in [7, 11) is 0. The van der Waals surface area contributed by atoms with Gasteiger partial charge < -0.3 is 9.64 Å². The van der Waals surface area contributed by atoms with E-state index in [4.69, 9.17) is 9.72 Å². The average molecular weight is 393 g/mol. The third kappa shape index (κ3) is 3.67. The van der Waals surface area contributed by atoms with Crippen molar-refractivity contribution in [3.8, 4) is 11.4 Å². The number of aromatic nitrogens is 2. The molecule has 0 bridgehead atoms. The van der Waals surface area contributed by atoms with E-state index in [0.29, 0.717) is 32.8 Å². The predicted molar refractivity (Wildman–Crippen MR) is 111 cm³/mol. The van der Waals surface area contributed by atoms with Crippen LogP contribution in [0.5, 0.6) is 0 Å². The van der Waals surface area contributed by atoms with Gasteiger partial charge in [-0.05, 0) is 37.8 Å².